The first-order valence-electron chi connectivity index (χ1n) is 6.94. The van der Waals surface area contributed by atoms with E-state index in [0.717, 1.165) is 36.1 Å². The van der Waals surface area contributed by atoms with Crippen LogP contribution in [0.3, 0.4) is 0 Å². The molecule has 2 rings (SSSR count). The van der Waals surface area contributed by atoms with Crippen molar-refractivity contribution in [1.82, 2.24) is 4.98 Å². The third-order valence-electron chi connectivity index (χ3n) is 4.12. The van der Waals surface area contributed by atoms with E-state index in [9.17, 15) is 0 Å². The van der Waals surface area contributed by atoms with E-state index >= 15 is 0 Å². The molecule has 0 amide bonds. The highest BCUT2D eigenvalue weighted by molar-refractivity contribution is 5.20. The van der Waals surface area contributed by atoms with E-state index in [1.165, 1.54) is 6.42 Å². The van der Waals surface area contributed by atoms with Crippen LogP contribution in [0.5, 0.6) is 5.88 Å². The average Bonchev–Trinajstić information content (AvgIpc) is 2.34. The molecule has 1 aliphatic rings. The molecule has 1 saturated carbocycles. The van der Waals surface area contributed by atoms with E-state index in [1.54, 1.807) is 0 Å². The van der Waals surface area contributed by atoms with E-state index in [4.69, 9.17) is 10.5 Å². The number of nitrogens with zero attached hydrogens (tertiary/aromatic N) is 1. The molecule has 1 fully saturated rings. The van der Waals surface area contributed by atoms with Gasteiger partial charge in [-0.05, 0) is 43.6 Å². The lowest BCUT2D eigenvalue weighted by Crippen LogP contribution is -2.29. The fourth-order valence-electron chi connectivity index (χ4n) is 2.51. The predicted molar refractivity (Wildman–Crippen MR) is 73.4 cm³/mol. The van der Waals surface area contributed by atoms with Crippen LogP contribution < -0.4 is 10.5 Å². The molecule has 1 heterocycles. The largest absolute Gasteiger partial charge is 0.474 e. The van der Waals surface area contributed by atoms with Gasteiger partial charge in [0.25, 0.3) is 0 Å². The minimum Gasteiger partial charge on any atom is -0.474 e. The van der Waals surface area contributed by atoms with Crippen LogP contribution in [-0.4, -0.2) is 11.1 Å². The molecule has 1 aromatic heterocycles. The molecule has 3 unspecified atom stereocenters. The van der Waals surface area contributed by atoms with Crippen molar-refractivity contribution in [1.29, 1.82) is 0 Å². The first-order chi connectivity index (χ1) is 8.56. The zero-order chi connectivity index (χ0) is 13.1. The molecule has 18 heavy (non-hydrogen) atoms. The van der Waals surface area contributed by atoms with Crippen molar-refractivity contribution >= 4 is 0 Å². The Bertz CT molecular complexity index is 375. The van der Waals surface area contributed by atoms with Gasteiger partial charge in [-0.3, -0.25) is 0 Å². The molecule has 2 N–H and O–H groups in total. The van der Waals surface area contributed by atoms with Gasteiger partial charge >= 0.3 is 0 Å². The third kappa shape index (κ3) is 3.22. The quantitative estimate of drug-likeness (QED) is 0.892. The second-order valence-corrected chi connectivity index (χ2v) is 5.73. The van der Waals surface area contributed by atoms with Crippen LogP contribution in [-0.2, 0) is 0 Å². The van der Waals surface area contributed by atoms with Gasteiger partial charge in [-0.2, -0.15) is 0 Å². The highest BCUT2D eigenvalue weighted by atomic mass is 16.5. The molecule has 0 saturated heterocycles. The number of nitrogens with two attached hydrogens (primary N) is 1. The Morgan fingerprint density at radius 3 is 2.61 bits per heavy atom. The van der Waals surface area contributed by atoms with Gasteiger partial charge in [-0.15, -0.1) is 0 Å². The van der Waals surface area contributed by atoms with Gasteiger partial charge in [0.1, 0.15) is 6.10 Å². The lowest BCUT2D eigenvalue weighted by atomic mass is 9.80. The molecule has 1 aromatic rings. The minimum atomic E-state index is 0.0297. The third-order valence-corrected chi connectivity index (χ3v) is 4.12. The second-order valence-electron chi connectivity index (χ2n) is 5.73. The van der Waals surface area contributed by atoms with Crippen LogP contribution in [0.25, 0.3) is 0 Å². The second kappa shape index (κ2) is 5.70. The van der Waals surface area contributed by atoms with Crippen LogP contribution in [0.4, 0.5) is 0 Å². The molecule has 0 radical (unpaired) electrons. The topological polar surface area (TPSA) is 48.1 Å². The summed E-state index contributed by atoms with van der Waals surface area (Å²) < 4.78 is 5.96. The van der Waals surface area contributed by atoms with Crippen molar-refractivity contribution < 1.29 is 4.74 Å². The van der Waals surface area contributed by atoms with Crippen LogP contribution in [0, 0.1) is 11.8 Å². The van der Waals surface area contributed by atoms with Crippen molar-refractivity contribution in [2.75, 3.05) is 0 Å². The minimum absolute atomic E-state index is 0.0297. The van der Waals surface area contributed by atoms with E-state index in [2.05, 4.69) is 18.8 Å². The van der Waals surface area contributed by atoms with Crippen LogP contribution in [0.1, 0.15) is 51.6 Å². The Balaban J connectivity index is 1.93. The maximum absolute atomic E-state index is 5.96. The summed E-state index contributed by atoms with van der Waals surface area (Å²) >= 11 is 0. The molecule has 4 atom stereocenters. The Hall–Kier alpha value is -1.09. The zero-order valence-corrected chi connectivity index (χ0v) is 11.6. The molecule has 3 heteroatoms. The van der Waals surface area contributed by atoms with Gasteiger partial charge in [0, 0.05) is 18.3 Å². The standard InChI is InChI=1S/C15H24N2O/c1-10-4-6-14(8-11(10)2)18-15-7-5-13(9-17-15)12(3)16/h5,7,9-12,14H,4,6,8,16H2,1-3H3/t10?,11?,12-,14?/m0/s1. The summed E-state index contributed by atoms with van der Waals surface area (Å²) in [5.41, 5.74) is 6.85. The van der Waals surface area contributed by atoms with E-state index in [1.807, 2.05) is 25.3 Å². The first-order valence-corrected chi connectivity index (χ1v) is 6.94. The van der Waals surface area contributed by atoms with Gasteiger partial charge in [0.15, 0.2) is 0 Å². The monoisotopic (exact) mass is 248 g/mol. The summed E-state index contributed by atoms with van der Waals surface area (Å²) in [5, 5.41) is 0. The van der Waals surface area contributed by atoms with Crippen molar-refractivity contribution in [3.05, 3.63) is 23.9 Å². The number of aromatic nitrogens is 1. The average molecular weight is 248 g/mol. The maximum Gasteiger partial charge on any atom is 0.213 e. The van der Waals surface area contributed by atoms with Gasteiger partial charge in [-0.1, -0.05) is 19.9 Å². The molecule has 0 bridgehead atoms. The summed E-state index contributed by atoms with van der Waals surface area (Å²) in [5.74, 6) is 2.29. The highest BCUT2D eigenvalue weighted by Gasteiger charge is 2.25. The lowest BCUT2D eigenvalue weighted by molar-refractivity contribution is 0.0964. The van der Waals surface area contributed by atoms with Crippen molar-refractivity contribution in [2.24, 2.45) is 17.6 Å². The van der Waals surface area contributed by atoms with Gasteiger partial charge in [-0.25, -0.2) is 4.98 Å². The fraction of sp³-hybridized carbons (Fsp3) is 0.667. The molecular weight excluding hydrogens is 224 g/mol. The zero-order valence-electron chi connectivity index (χ0n) is 11.6. The van der Waals surface area contributed by atoms with E-state index < -0.39 is 0 Å². The SMILES string of the molecule is CC1CCC(Oc2ccc([C@H](C)N)cn2)CC1C. The highest BCUT2D eigenvalue weighted by Crippen LogP contribution is 2.31. The molecule has 0 aliphatic heterocycles. The smallest absolute Gasteiger partial charge is 0.213 e. The van der Waals surface area contributed by atoms with Gasteiger partial charge in [0.05, 0.1) is 0 Å². The number of ether oxygens (including phenoxy) is 1. The molecular formula is C15H24N2O. The number of pyridine rings is 1. The van der Waals surface area contributed by atoms with Gasteiger partial charge in [0.2, 0.25) is 5.88 Å². The lowest BCUT2D eigenvalue weighted by Gasteiger charge is -2.31. The van der Waals surface area contributed by atoms with Gasteiger partial charge < -0.3 is 10.5 Å². The maximum atomic E-state index is 5.96. The molecule has 100 valence electrons. The van der Waals surface area contributed by atoms with Crippen molar-refractivity contribution in [2.45, 2.75) is 52.2 Å². The van der Waals surface area contributed by atoms with Crippen LogP contribution in [0.2, 0.25) is 0 Å². The molecule has 1 aliphatic carbocycles. The summed E-state index contributed by atoms with van der Waals surface area (Å²) in [6.07, 6.45) is 5.67. The molecule has 0 aromatic carbocycles. The number of hydrogen-bond acceptors (Lipinski definition) is 3. The summed E-state index contributed by atoms with van der Waals surface area (Å²) in [6.45, 7) is 6.60. The normalized spacial score (nSPS) is 29.9. The Kier molecular flexibility index (Phi) is 4.23. The first kappa shape index (κ1) is 13.3. The Morgan fingerprint density at radius 1 is 1.28 bits per heavy atom. The van der Waals surface area contributed by atoms with Crippen molar-refractivity contribution in [3.63, 3.8) is 0 Å². The van der Waals surface area contributed by atoms with Crippen LogP contribution >= 0.6 is 0 Å². The number of rotatable bonds is 3. The summed E-state index contributed by atoms with van der Waals surface area (Å²) in [7, 11) is 0. The molecule has 0 spiro atoms. The Morgan fingerprint density at radius 2 is 2.06 bits per heavy atom. The molecule has 3 nitrogen and oxygen atoms in total. The van der Waals surface area contributed by atoms with E-state index in [-0.39, 0.29) is 6.04 Å². The predicted octanol–water partition coefficient (Wildman–Crippen LogP) is 3.30. The number of hydrogen-bond donors (Lipinski definition) is 1. The van der Waals surface area contributed by atoms with Crippen LogP contribution in [0.15, 0.2) is 18.3 Å². The Labute approximate surface area is 110 Å². The van der Waals surface area contributed by atoms with E-state index in [0.29, 0.717) is 6.10 Å². The summed E-state index contributed by atoms with van der Waals surface area (Å²) in [4.78, 5) is 4.34. The fourth-order valence-corrected chi connectivity index (χ4v) is 2.51. The van der Waals surface area contributed by atoms with Crippen molar-refractivity contribution in [3.8, 4) is 5.88 Å². The summed E-state index contributed by atoms with van der Waals surface area (Å²) in [6, 6.07) is 3.96.